The quantitative estimate of drug-likeness (QED) is 0.730. The van der Waals surface area contributed by atoms with Gasteiger partial charge in [-0.2, -0.15) is 10.2 Å². The summed E-state index contributed by atoms with van der Waals surface area (Å²) in [5, 5.41) is 9.01. The molecule has 160 valence electrons. The van der Waals surface area contributed by atoms with Gasteiger partial charge in [0.2, 0.25) is 5.88 Å². The fourth-order valence-corrected chi connectivity index (χ4v) is 4.51. The molecule has 1 fully saturated rings. The lowest BCUT2D eigenvalue weighted by Crippen LogP contribution is -2.49. The van der Waals surface area contributed by atoms with Gasteiger partial charge in [0.05, 0.1) is 18.8 Å². The van der Waals surface area contributed by atoms with Crippen LogP contribution >= 0.6 is 0 Å². The zero-order valence-corrected chi connectivity index (χ0v) is 17.3. The van der Waals surface area contributed by atoms with Crippen LogP contribution in [0.5, 0.6) is 5.88 Å². The summed E-state index contributed by atoms with van der Waals surface area (Å²) >= 11 is 0. The van der Waals surface area contributed by atoms with E-state index in [0.717, 1.165) is 69.5 Å². The van der Waals surface area contributed by atoms with Gasteiger partial charge in [-0.1, -0.05) is 0 Å². The molecule has 1 amide bonds. The monoisotopic (exact) mass is 412 g/mol. The normalized spacial score (nSPS) is 19.1. The number of nitrogens with zero attached hydrogens (tertiary/aromatic N) is 6. The van der Waals surface area contributed by atoms with Gasteiger partial charge in [0.25, 0.3) is 11.5 Å². The number of carbonyl (C=O) groups is 1. The van der Waals surface area contributed by atoms with Crippen molar-refractivity contribution in [3.63, 3.8) is 0 Å². The van der Waals surface area contributed by atoms with Gasteiger partial charge in [-0.25, -0.2) is 9.36 Å². The fraction of sp³-hybridized carbons (Fsp3) is 0.619. The second-order valence-electron chi connectivity index (χ2n) is 8.31. The Balaban J connectivity index is 1.15. The van der Waals surface area contributed by atoms with Crippen LogP contribution in [-0.4, -0.2) is 74.6 Å². The number of rotatable bonds is 4. The van der Waals surface area contributed by atoms with Crippen molar-refractivity contribution in [2.75, 3.05) is 39.3 Å². The molecular weight excluding hydrogens is 384 g/mol. The van der Waals surface area contributed by atoms with Gasteiger partial charge in [-0.15, -0.1) is 0 Å². The second-order valence-corrected chi connectivity index (χ2v) is 8.31. The third kappa shape index (κ3) is 3.86. The van der Waals surface area contributed by atoms with Gasteiger partial charge in [0.15, 0.2) is 5.69 Å². The smallest absolute Gasteiger partial charge is 0.274 e. The average Bonchev–Trinajstić information content (AvgIpc) is 3.22. The van der Waals surface area contributed by atoms with E-state index in [-0.39, 0.29) is 11.5 Å². The summed E-state index contributed by atoms with van der Waals surface area (Å²) in [6, 6.07) is 3.52. The van der Waals surface area contributed by atoms with Crippen LogP contribution in [0.4, 0.5) is 0 Å². The molecule has 9 heteroatoms. The second kappa shape index (κ2) is 8.22. The highest BCUT2D eigenvalue weighted by Gasteiger charge is 2.26. The molecule has 0 atom stereocenters. The van der Waals surface area contributed by atoms with Gasteiger partial charge in [-0.05, 0) is 31.2 Å². The van der Waals surface area contributed by atoms with Crippen molar-refractivity contribution >= 4 is 5.91 Å². The molecule has 2 aromatic heterocycles. The Morgan fingerprint density at radius 1 is 0.967 bits per heavy atom. The Morgan fingerprint density at radius 2 is 1.80 bits per heavy atom. The molecule has 0 unspecified atom stereocenters. The number of carbonyl (C=O) groups excluding carboxylic acids is 1. The summed E-state index contributed by atoms with van der Waals surface area (Å²) in [6.07, 6.45) is 5.16. The van der Waals surface area contributed by atoms with E-state index < -0.39 is 0 Å². The minimum atomic E-state index is -0.0345. The summed E-state index contributed by atoms with van der Waals surface area (Å²) in [5.74, 6) is 0.652. The molecule has 0 radical (unpaired) electrons. The first-order chi connectivity index (χ1) is 14.7. The summed E-state index contributed by atoms with van der Waals surface area (Å²) < 4.78 is 8.95. The fourth-order valence-electron chi connectivity index (χ4n) is 4.51. The lowest BCUT2D eigenvalue weighted by atomic mass is 9.97. The number of piperazine rings is 1. The summed E-state index contributed by atoms with van der Waals surface area (Å²) in [7, 11) is 0. The molecule has 4 heterocycles. The van der Waals surface area contributed by atoms with Crippen LogP contribution in [-0.2, 0) is 25.9 Å². The molecule has 0 saturated carbocycles. The molecule has 0 bridgehead atoms. The predicted molar refractivity (Wildman–Crippen MR) is 110 cm³/mol. The van der Waals surface area contributed by atoms with Crippen LogP contribution in [0.3, 0.4) is 0 Å². The van der Waals surface area contributed by atoms with Crippen LogP contribution in [0.25, 0.3) is 0 Å². The highest BCUT2D eigenvalue weighted by Crippen LogP contribution is 2.20. The maximum atomic E-state index is 12.8. The number of aromatic nitrogens is 4. The lowest BCUT2D eigenvalue weighted by Gasteiger charge is -2.34. The number of fused-ring (bicyclic) bond motifs is 2. The third-order valence-corrected chi connectivity index (χ3v) is 6.29. The van der Waals surface area contributed by atoms with E-state index in [9.17, 15) is 9.59 Å². The van der Waals surface area contributed by atoms with Crippen molar-refractivity contribution in [2.24, 2.45) is 0 Å². The largest absolute Gasteiger partial charge is 0.478 e. The molecule has 5 rings (SSSR count). The number of amides is 1. The van der Waals surface area contributed by atoms with Gasteiger partial charge in [0, 0.05) is 57.8 Å². The highest BCUT2D eigenvalue weighted by atomic mass is 16.5. The molecule has 9 nitrogen and oxygen atoms in total. The van der Waals surface area contributed by atoms with Gasteiger partial charge in [-0.3, -0.25) is 14.5 Å². The third-order valence-electron chi connectivity index (χ3n) is 6.29. The standard InChI is InChI=1S/C21H28N6O3/c28-19-14-16-4-1-2-5-17(16)22-26(19)12-9-24-7-10-25(11-8-24)21(29)18-15-20-27(23-18)6-3-13-30-20/h14-15H,1-13H2. The van der Waals surface area contributed by atoms with Gasteiger partial charge >= 0.3 is 0 Å². The van der Waals surface area contributed by atoms with Crippen molar-refractivity contribution in [3.8, 4) is 5.88 Å². The molecular formula is C21H28N6O3. The van der Waals surface area contributed by atoms with Crippen LogP contribution in [0, 0.1) is 0 Å². The molecule has 1 aliphatic carbocycles. The van der Waals surface area contributed by atoms with Crippen molar-refractivity contribution in [1.82, 2.24) is 29.4 Å². The molecule has 0 aromatic carbocycles. The summed E-state index contributed by atoms with van der Waals surface area (Å²) in [5.41, 5.74) is 2.67. The Labute approximate surface area is 175 Å². The van der Waals surface area contributed by atoms with Crippen LogP contribution in [0.15, 0.2) is 16.9 Å². The molecule has 2 aromatic rings. The molecule has 30 heavy (non-hydrogen) atoms. The van der Waals surface area contributed by atoms with Gasteiger partial charge < -0.3 is 9.64 Å². The topological polar surface area (TPSA) is 85.5 Å². The van der Waals surface area contributed by atoms with E-state index in [1.807, 2.05) is 4.90 Å². The summed E-state index contributed by atoms with van der Waals surface area (Å²) in [6.45, 7) is 5.73. The maximum absolute atomic E-state index is 12.8. The number of hydrogen-bond acceptors (Lipinski definition) is 6. The minimum Gasteiger partial charge on any atom is -0.478 e. The highest BCUT2D eigenvalue weighted by molar-refractivity contribution is 5.92. The maximum Gasteiger partial charge on any atom is 0.274 e. The molecule has 3 aliphatic rings. The number of aryl methyl sites for hydroxylation is 3. The zero-order chi connectivity index (χ0) is 20.5. The van der Waals surface area contributed by atoms with E-state index in [4.69, 9.17) is 4.74 Å². The van der Waals surface area contributed by atoms with Crippen LogP contribution in [0.1, 0.15) is 41.0 Å². The van der Waals surface area contributed by atoms with Crippen LogP contribution < -0.4 is 10.3 Å². The lowest BCUT2D eigenvalue weighted by molar-refractivity contribution is 0.0624. The molecule has 0 N–H and O–H groups in total. The van der Waals surface area contributed by atoms with Gasteiger partial charge in [0.1, 0.15) is 0 Å². The SMILES string of the molecule is O=C(c1cc2n(n1)CCCO2)N1CCN(CCn2nc3c(cc2=O)CCCC3)CC1. The van der Waals surface area contributed by atoms with E-state index in [0.29, 0.717) is 37.8 Å². The Morgan fingerprint density at radius 3 is 2.63 bits per heavy atom. The first kappa shape index (κ1) is 19.3. The van der Waals surface area contributed by atoms with Crippen molar-refractivity contribution < 1.29 is 9.53 Å². The zero-order valence-electron chi connectivity index (χ0n) is 17.3. The number of hydrogen-bond donors (Lipinski definition) is 0. The van der Waals surface area contributed by atoms with Crippen molar-refractivity contribution in [1.29, 1.82) is 0 Å². The van der Waals surface area contributed by atoms with Crippen molar-refractivity contribution in [3.05, 3.63) is 39.4 Å². The first-order valence-corrected chi connectivity index (χ1v) is 11.0. The van der Waals surface area contributed by atoms with E-state index in [1.54, 1.807) is 21.5 Å². The number of ether oxygens (including phenoxy) is 1. The summed E-state index contributed by atoms with van der Waals surface area (Å²) in [4.78, 5) is 29.3. The predicted octanol–water partition coefficient (Wildman–Crippen LogP) is 0.559. The van der Waals surface area contributed by atoms with E-state index in [2.05, 4.69) is 15.1 Å². The van der Waals surface area contributed by atoms with Crippen LogP contribution in [0.2, 0.25) is 0 Å². The van der Waals surface area contributed by atoms with E-state index >= 15 is 0 Å². The Kier molecular flexibility index (Phi) is 5.28. The molecule has 0 spiro atoms. The van der Waals surface area contributed by atoms with Crippen molar-refractivity contribution in [2.45, 2.75) is 45.2 Å². The average molecular weight is 412 g/mol. The minimum absolute atomic E-state index is 0.00423. The molecule has 1 saturated heterocycles. The Bertz CT molecular complexity index is 966. The Hall–Kier alpha value is -2.68. The molecule has 2 aliphatic heterocycles. The van der Waals surface area contributed by atoms with E-state index in [1.165, 1.54) is 0 Å². The first-order valence-electron chi connectivity index (χ1n) is 11.0.